The van der Waals surface area contributed by atoms with E-state index in [2.05, 4.69) is 6.92 Å². The Bertz CT molecular complexity index is 89.2. The summed E-state index contributed by atoms with van der Waals surface area (Å²) in [5.74, 6) is -1.69. The van der Waals surface area contributed by atoms with Crippen LogP contribution in [0.5, 0.6) is 0 Å². The molecule has 0 aliphatic rings. The summed E-state index contributed by atoms with van der Waals surface area (Å²) < 4.78 is 0. The second kappa shape index (κ2) is 11.4. The van der Waals surface area contributed by atoms with Gasteiger partial charge in [0.25, 0.3) is 0 Å². The smallest absolute Gasteiger partial charge is 0.550 e. The van der Waals surface area contributed by atoms with Crippen LogP contribution in [0.1, 0.15) is 20.3 Å². The Labute approximate surface area is 70.7 Å². The molecule has 10 heavy (non-hydrogen) atoms. The van der Waals surface area contributed by atoms with Crippen molar-refractivity contribution >= 4 is 11.8 Å². The third-order valence-electron chi connectivity index (χ3n) is 0.393. The number of ketones is 1. The molecule has 0 saturated heterocycles. The number of carboxylic acid groups (broad SMARTS) is 1. The van der Waals surface area contributed by atoms with Crippen molar-refractivity contribution in [1.82, 2.24) is 0 Å². The molecule has 0 aliphatic carbocycles. The van der Waals surface area contributed by atoms with E-state index < -0.39 is 12.4 Å². The average molecular weight is 189 g/mol. The van der Waals surface area contributed by atoms with Gasteiger partial charge in [0.1, 0.15) is 5.78 Å². The summed E-state index contributed by atoms with van der Waals surface area (Å²) in [5, 5.41) is 9.48. The van der Waals surface area contributed by atoms with E-state index in [9.17, 15) is 14.7 Å². The maximum Gasteiger partial charge on any atom is 2.00 e. The maximum absolute atomic E-state index is 9.83. The second-order valence-electron chi connectivity index (χ2n) is 1.25. The van der Waals surface area contributed by atoms with Crippen molar-refractivity contribution in [2.24, 2.45) is 0 Å². The van der Waals surface area contributed by atoms with Gasteiger partial charge in [0.15, 0.2) is 0 Å². The van der Waals surface area contributed by atoms with Crippen molar-refractivity contribution < 1.29 is 31.2 Å². The van der Waals surface area contributed by atoms with Gasteiger partial charge >= 0.3 is 16.5 Å². The van der Waals surface area contributed by atoms with E-state index in [1.165, 1.54) is 6.92 Å². The number of hydrogen-bond donors (Lipinski definition) is 0. The number of carbonyl (C=O) groups is 2. The first-order chi connectivity index (χ1) is 4.13. The monoisotopic (exact) mass is 188 g/mol. The van der Waals surface area contributed by atoms with E-state index in [4.69, 9.17) is 0 Å². The van der Waals surface area contributed by atoms with Gasteiger partial charge in [-0.1, -0.05) is 0 Å². The molecule has 0 aromatic heterocycles. The molecular weight excluding hydrogens is 179 g/mol. The van der Waals surface area contributed by atoms with Gasteiger partial charge in [0.2, 0.25) is 0 Å². The van der Waals surface area contributed by atoms with E-state index >= 15 is 0 Å². The Morgan fingerprint density at radius 3 is 1.70 bits per heavy atom. The number of carboxylic acids is 1. The molecule has 0 saturated carbocycles. The van der Waals surface area contributed by atoms with Crippen LogP contribution in [0.3, 0.4) is 0 Å². The molecule has 0 unspecified atom stereocenters. The van der Waals surface area contributed by atoms with Gasteiger partial charge in [-0.3, -0.25) is 4.79 Å². The third kappa shape index (κ3) is 25.4. The molecule has 0 aliphatic heterocycles. The standard InChI is InChI=1S/C4H6O3.C2H5.Ni/c1-3(5)2-4(6)7;1-2;/h2H2,1H3,(H,6,7);1H2,2H3;/q;-1;+2/p-1. The fraction of sp³-hybridized carbons (Fsp3) is 0.500. The van der Waals surface area contributed by atoms with Crippen LogP contribution in [-0.2, 0) is 26.1 Å². The van der Waals surface area contributed by atoms with Crippen LogP contribution < -0.4 is 5.11 Å². The van der Waals surface area contributed by atoms with Crippen molar-refractivity contribution in [3.8, 4) is 0 Å². The van der Waals surface area contributed by atoms with Gasteiger partial charge in [-0.2, -0.15) is 6.92 Å². The van der Waals surface area contributed by atoms with Crippen LogP contribution >= 0.6 is 0 Å². The molecular formula is C6H10NiO3. The fourth-order valence-corrected chi connectivity index (χ4v) is 0.203. The Hall–Kier alpha value is -0.366. The summed E-state index contributed by atoms with van der Waals surface area (Å²) in [5.41, 5.74) is 0. The molecule has 0 amide bonds. The summed E-state index contributed by atoms with van der Waals surface area (Å²) in [6.45, 7) is 6.20. The summed E-state index contributed by atoms with van der Waals surface area (Å²) in [6, 6.07) is 0. The van der Waals surface area contributed by atoms with Gasteiger partial charge in [-0.25, -0.2) is 0 Å². The van der Waals surface area contributed by atoms with E-state index in [1.54, 1.807) is 6.92 Å². The molecule has 0 atom stereocenters. The van der Waals surface area contributed by atoms with E-state index in [0.717, 1.165) is 0 Å². The van der Waals surface area contributed by atoms with Crippen molar-refractivity contribution in [2.75, 3.05) is 0 Å². The molecule has 0 rings (SSSR count). The first kappa shape index (κ1) is 16.3. The van der Waals surface area contributed by atoms with Crippen molar-refractivity contribution in [3.63, 3.8) is 0 Å². The van der Waals surface area contributed by atoms with Crippen LogP contribution in [-0.4, -0.2) is 11.8 Å². The fourth-order valence-electron chi connectivity index (χ4n) is 0.203. The minimum Gasteiger partial charge on any atom is -0.550 e. The Morgan fingerprint density at radius 2 is 1.70 bits per heavy atom. The van der Waals surface area contributed by atoms with Crippen LogP contribution in [0.4, 0.5) is 0 Å². The van der Waals surface area contributed by atoms with E-state index in [1.807, 2.05) is 0 Å². The Balaban J connectivity index is -0.000000149. The normalized spacial score (nSPS) is 6.30. The second-order valence-corrected chi connectivity index (χ2v) is 1.25. The topological polar surface area (TPSA) is 57.2 Å². The SMILES string of the molecule is CC(=O)CC(=O)[O-].[CH2-]C.[Ni+2]. The molecule has 0 aromatic rings. The number of carbonyl (C=O) groups excluding carboxylic acids is 2. The predicted octanol–water partition coefficient (Wildman–Crippen LogP) is -0.447. The first-order valence-corrected chi connectivity index (χ1v) is 2.53. The van der Waals surface area contributed by atoms with Gasteiger partial charge in [0, 0.05) is 12.4 Å². The summed E-state index contributed by atoms with van der Waals surface area (Å²) in [6.07, 6.45) is -0.472. The molecule has 0 fully saturated rings. The number of aliphatic carboxylic acids is 1. The molecule has 3 nitrogen and oxygen atoms in total. The Morgan fingerprint density at radius 1 is 1.40 bits per heavy atom. The molecule has 0 radical (unpaired) electrons. The van der Waals surface area contributed by atoms with Crippen LogP contribution in [0.2, 0.25) is 0 Å². The zero-order valence-electron chi connectivity index (χ0n) is 5.96. The summed E-state index contributed by atoms with van der Waals surface area (Å²) in [4.78, 5) is 19.3. The summed E-state index contributed by atoms with van der Waals surface area (Å²) in [7, 11) is 0. The molecule has 0 N–H and O–H groups in total. The first-order valence-electron chi connectivity index (χ1n) is 2.53. The van der Waals surface area contributed by atoms with Crippen molar-refractivity contribution in [1.29, 1.82) is 0 Å². The number of Topliss-reactive ketones (excluding diaryl/α,β-unsaturated/α-hetero) is 1. The van der Waals surface area contributed by atoms with Gasteiger partial charge in [-0.15, -0.1) is 0 Å². The zero-order chi connectivity index (χ0) is 7.86. The number of rotatable bonds is 2. The van der Waals surface area contributed by atoms with E-state index in [-0.39, 0.29) is 22.3 Å². The maximum atomic E-state index is 9.83. The third-order valence-corrected chi connectivity index (χ3v) is 0.393. The number of hydrogen-bond acceptors (Lipinski definition) is 3. The zero-order valence-corrected chi connectivity index (χ0v) is 6.94. The average Bonchev–Trinajstić information content (AvgIpc) is 1.68. The quantitative estimate of drug-likeness (QED) is 0.335. The van der Waals surface area contributed by atoms with Gasteiger partial charge in [-0.05, 0) is 6.92 Å². The summed E-state index contributed by atoms with van der Waals surface area (Å²) >= 11 is 0. The molecule has 0 spiro atoms. The van der Waals surface area contributed by atoms with Crippen LogP contribution in [0.15, 0.2) is 0 Å². The predicted molar refractivity (Wildman–Crippen MR) is 31.3 cm³/mol. The largest absolute Gasteiger partial charge is 2.00 e. The van der Waals surface area contributed by atoms with Crippen LogP contribution in [0.25, 0.3) is 0 Å². The Kier molecular flexibility index (Phi) is 18.7. The van der Waals surface area contributed by atoms with Crippen molar-refractivity contribution in [2.45, 2.75) is 20.3 Å². The van der Waals surface area contributed by atoms with Crippen LogP contribution in [0, 0.1) is 6.92 Å². The molecule has 0 heterocycles. The minimum absolute atomic E-state index is 0. The van der Waals surface area contributed by atoms with Crippen molar-refractivity contribution in [3.05, 3.63) is 6.92 Å². The molecule has 0 aromatic carbocycles. The van der Waals surface area contributed by atoms with E-state index in [0.29, 0.717) is 0 Å². The van der Waals surface area contributed by atoms with Gasteiger partial charge < -0.3 is 16.8 Å². The molecule has 4 heteroatoms. The minimum atomic E-state index is -1.31. The molecule has 62 valence electrons. The molecule has 0 bridgehead atoms. The van der Waals surface area contributed by atoms with Gasteiger partial charge in [0.05, 0.1) is 0 Å².